The maximum atomic E-state index is 12.7. The van der Waals surface area contributed by atoms with E-state index in [1.165, 1.54) is 31.0 Å². The number of pyridine rings is 1. The molecular weight excluding hydrogens is 358 g/mol. The zero-order valence-corrected chi connectivity index (χ0v) is 16.8. The van der Waals surface area contributed by atoms with E-state index in [1.54, 1.807) is 12.4 Å². The van der Waals surface area contributed by atoms with Crippen molar-refractivity contribution in [3.63, 3.8) is 0 Å². The van der Waals surface area contributed by atoms with Crippen LogP contribution in [0.25, 0.3) is 11.4 Å². The lowest BCUT2D eigenvalue weighted by molar-refractivity contribution is -0.121. The highest BCUT2D eigenvalue weighted by Crippen LogP contribution is 2.41. The summed E-state index contributed by atoms with van der Waals surface area (Å²) in [7, 11) is 0. The molecule has 0 radical (unpaired) electrons. The number of amides is 1. The zero-order chi connectivity index (χ0) is 18.8. The molecule has 0 bridgehead atoms. The molecule has 0 aromatic carbocycles. The number of nitrogens with zero attached hydrogens (tertiary/aromatic N) is 4. The van der Waals surface area contributed by atoms with Gasteiger partial charge in [-0.25, -0.2) is 0 Å². The molecule has 7 heteroatoms. The summed E-state index contributed by atoms with van der Waals surface area (Å²) in [6.45, 7) is 4.21. The number of carbonyl (C=O) groups excluding carboxylic acids is 1. The van der Waals surface area contributed by atoms with Gasteiger partial charge in [0.1, 0.15) is 0 Å². The third-order valence-corrected chi connectivity index (χ3v) is 6.66. The van der Waals surface area contributed by atoms with Crippen LogP contribution in [0.15, 0.2) is 29.7 Å². The second kappa shape index (κ2) is 8.00. The summed E-state index contributed by atoms with van der Waals surface area (Å²) in [5.74, 6) is 1.54. The van der Waals surface area contributed by atoms with Gasteiger partial charge in [-0.2, -0.15) is 0 Å². The fourth-order valence-electron chi connectivity index (χ4n) is 3.76. The van der Waals surface area contributed by atoms with Gasteiger partial charge in [0.25, 0.3) is 0 Å². The molecule has 0 saturated heterocycles. The summed E-state index contributed by atoms with van der Waals surface area (Å²) in [5.41, 5.74) is 1.02. The van der Waals surface area contributed by atoms with Crippen LogP contribution >= 0.6 is 11.8 Å². The third kappa shape index (κ3) is 4.18. The Morgan fingerprint density at radius 1 is 1.19 bits per heavy atom. The Bertz CT molecular complexity index is 789. The van der Waals surface area contributed by atoms with Crippen molar-refractivity contribution in [3.05, 3.63) is 24.5 Å². The van der Waals surface area contributed by atoms with Gasteiger partial charge in [-0.15, -0.1) is 10.2 Å². The second-order valence-electron chi connectivity index (χ2n) is 7.78. The monoisotopic (exact) mass is 385 g/mol. The van der Waals surface area contributed by atoms with Crippen molar-refractivity contribution in [2.24, 2.45) is 5.92 Å². The van der Waals surface area contributed by atoms with E-state index in [0.29, 0.717) is 18.0 Å². The lowest BCUT2D eigenvalue weighted by Crippen LogP contribution is -2.44. The molecule has 2 aliphatic carbocycles. The third-order valence-electron chi connectivity index (χ3n) is 5.61. The molecule has 2 saturated carbocycles. The van der Waals surface area contributed by atoms with E-state index in [1.807, 2.05) is 19.1 Å². The van der Waals surface area contributed by atoms with Gasteiger partial charge in [-0.1, -0.05) is 31.5 Å². The number of hydrogen-bond donors (Lipinski definition) is 1. The topological polar surface area (TPSA) is 72.7 Å². The summed E-state index contributed by atoms with van der Waals surface area (Å²) in [6, 6.07) is 4.66. The van der Waals surface area contributed by atoms with Gasteiger partial charge in [-0.3, -0.25) is 14.3 Å². The Balaban J connectivity index is 1.47. The normalized spacial score (nSPS) is 23.8. The minimum Gasteiger partial charge on any atom is -0.352 e. The van der Waals surface area contributed by atoms with Crippen molar-refractivity contribution in [1.29, 1.82) is 0 Å². The Morgan fingerprint density at radius 3 is 2.63 bits per heavy atom. The number of nitrogens with one attached hydrogen (secondary N) is 1. The van der Waals surface area contributed by atoms with E-state index in [-0.39, 0.29) is 11.2 Å². The molecule has 1 amide bonds. The van der Waals surface area contributed by atoms with Crippen molar-refractivity contribution < 1.29 is 4.79 Å². The van der Waals surface area contributed by atoms with Crippen molar-refractivity contribution in [2.75, 3.05) is 0 Å². The average molecular weight is 386 g/mol. The minimum absolute atomic E-state index is 0.106. The summed E-state index contributed by atoms with van der Waals surface area (Å²) < 4.78 is 2.20. The zero-order valence-electron chi connectivity index (χ0n) is 16.0. The molecular formula is C20H27N5OS. The highest BCUT2D eigenvalue weighted by molar-refractivity contribution is 8.00. The highest BCUT2D eigenvalue weighted by atomic mass is 32.2. The SMILES string of the molecule is C[C@@H](Sc1nnc(-c2ccncc2)n1C1CC1)C(=O)N[C@@H]1CCCC[C@@H]1C. The molecule has 2 aliphatic rings. The maximum Gasteiger partial charge on any atom is 0.233 e. The molecule has 27 heavy (non-hydrogen) atoms. The van der Waals surface area contributed by atoms with Gasteiger partial charge in [0.2, 0.25) is 5.91 Å². The smallest absolute Gasteiger partial charge is 0.233 e. The fourth-order valence-corrected chi connectivity index (χ4v) is 4.69. The van der Waals surface area contributed by atoms with Crippen LogP contribution < -0.4 is 5.32 Å². The van der Waals surface area contributed by atoms with Crippen molar-refractivity contribution in [1.82, 2.24) is 25.1 Å². The van der Waals surface area contributed by atoms with Crippen LogP contribution in [0.5, 0.6) is 0 Å². The summed E-state index contributed by atoms with van der Waals surface area (Å²) in [5, 5.41) is 12.7. The molecule has 0 unspecified atom stereocenters. The lowest BCUT2D eigenvalue weighted by Gasteiger charge is -2.30. The molecule has 144 valence electrons. The van der Waals surface area contributed by atoms with Gasteiger partial charge in [-0.05, 0) is 50.7 Å². The predicted molar refractivity (Wildman–Crippen MR) is 106 cm³/mol. The summed E-state index contributed by atoms with van der Waals surface area (Å²) in [4.78, 5) is 16.8. The lowest BCUT2D eigenvalue weighted by atomic mass is 9.86. The van der Waals surface area contributed by atoms with E-state index >= 15 is 0 Å². The molecule has 2 aromatic heterocycles. The van der Waals surface area contributed by atoms with Gasteiger partial charge >= 0.3 is 0 Å². The standard InChI is InChI=1S/C20H27N5OS/c1-13-5-3-4-6-17(13)22-19(26)14(2)27-20-24-23-18(25(20)16-7-8-16)15-9-11-21-12-10-15/h9-14,16-17H,3-8H2,1-2H3,(H,22,26)/t13-,14+,17+/m0/s1. The van der Waals surface area contributed by atoms with Gasteiger partial charge in [0, 0.05) is 30.0 Å². The molecule has 6 nitrogen and oxygen atoms in total. The molecule has 3 atom stereocenters. The highest BCUT2D eigenvalue weighted by Gasteiger charge is 2.32. The quantitative estimate of drug-likeness (QED) is 0.765. The first-order valence-corrected chi connectivity index (χ1v) is 10.8. The first-order valence-electron chi connectivity index (χ1n) is 9.96. The number of hydrogen-bond acceptors (Lipinski definition) is 5. The maximum absolute atomic E-state index is 12.7. The number of aromatic nitrogens is 4. The van der Waals surface area contributed by atoms with Gasteiger partial charge in [0.05, 0.1) is 5.25 Å². The van der Waals surface area contributed by atoms with Crippen LogP contribution in [0.4, 0.5) is 0 Å². The first kappa shape index (κ1) is 18.5. The van der Waals surface area contributed by atoms with Crippen molar-refractivity contribution >= 4 is 17.7 Å². The second-order valence-corrected chi connectivity index (χ2v) is 9.09. The van der Waals surface area contributed by atoms with Crippen LogP contribution in [-0.4, -0.2) is 36.9 Å². The van der Waals surface area contributed by atoms with Crippen LogP contribution in [0.2, 0.25) is 0 Å². The molecule has 2 fully saturated rings. The van der Waals surface area contributed by atoms with E-state index in [0.717, 1.165) is 35.8 Å². The summed E-state index contributed by atoms with van der Waals surface area (Å²) >= 11 is 1.51. The van der Waals surface area contributed by atoms with E-state index in [2.05, 4.69) is 32.0 Å². The summed E-state index contributed by atoms with van der Waals surface area (Å²) in [6.07, 6.45) is 10.6. The molecule has 1 N–H and O–H groups in total. The number of rotatable bonds is 6. The van der Waals surface area contributed by atoms with Crippen LogP contribution in [-0.2, 0) is 4.79 Å². The van der Waals surface area contributed by atoms with Crippen molar-refractivity contribution in [3.8, 4) is 11.4 Å². The van der Waals surface area contributed by atoms with Gasteiger partial charge < -0.3 is 5.32 Å². The number of carbonyl (C=O) groups is 1. The predicted octanol–water partition coefficient (Wildman–Crippen LogP) is 3.85. The largest absolute Gasteiger partial charge is 0.352 e. The van der Waals surface area contributed by atoms with E-state index in [9.17, 15) is 4.79 Å². The first-order chi connectivity index (χ1) is 13.1. The molecule has 2 aromatic rings. The van der Waals surface area contributed by atoms with E-state index in [4.69, 9.17) is 0 Å². The Morgan fingerprint density at radius 2 is 1.93 bits per heavy atom. The van der Waals surface area contributed by atoms with Crippen molar-refractivity contribution in [2.45, 2.75) is 74.9 Å². The fraction of sp³-hybridized carbons (Fsp3) is 0.600. The van der Waals surface area contributed by atoms with Crippen LogP contribution in [0.3, 0.4) is 0 Å². The van der Waals surface area contributed by atoms with Crippen LogP contribution in [0, 0.1) is 5.92 Å². The molecule has 0 spiro atoms. The average Bonchev–Trinajstić information content (AvgIpc) is 3.44. The Hall–Kier alpha value is -1.89. The van der Waals surface area contributed by atoms with Gasteiger partial charge in [0.15, 0.2) is 11.0 Å². The Labute approximate surface area is 164 Å². The molecule has 2 heterocycles. The minimum atomic E-state index is -0.189. The molecule has 0 aliphatic heterocycles. The Kier molecular flexibility index (Phi) is 5.48. The van der Waals surface area contributed by atoms with Crippen LogP contribution in [0.1, 0.15) is 58.4 Å². The van der Waals surface area contributed by atoms with E-state index < -0.39 is 0 Å². The molecule has 4 rings (SSSR count). The number of thioether (sulfide) groups is 1.